The van der Waals surface area contributed by atoms with E-state index >= 15 is 0 Å². The Bertz CT molecular complexity index is 418. The molecule has 1 heterocycles. The molecule has 15 heavy (non-hydrogen) atoms. The lowest BCUT2D eigenvalue weighted by molar-refractivity contribution is 0.0590. The van der Waals surface area contributed by atoms with Crippen molar-refractivity contribution in [3.05, 3.63) is 33.4 Å². The lowest BCUT2D eigenvalue weighted by Gasteiger charge is -2.07. The Morgan fingerprint density at radius 2 is 2.13 bits per heavy atom. The lowest BCUT2D eigenvalue weighted by atomic mass is 10.1. The van der Waals surface area contributed by atoms with Crippen molar-refractivity contribution in [3.8, 4) is 0 Å². The van der Waals surface area contributed by atoms with Crippen molar-refractivity contribution in [3.63, 3.8) is 0 Å². The second-order valence-corrected chi connectivity index (χ2v) is 2.95. The molecule has 5 nitrogen and oxygen atoms in total. The summed E-state index contributed by atoms with van der Waals surface area (Å²) in [6.07, 6.45) is 0. The average molecular weight is 212 g/mol. The molecule has 0 amide bonds. The first-order chi connectivity index (χ1) is 7.10. The minimum absolute atomic E-state index is 0.164. The van der Waals surface area contributed by atoms with Gasteiger partial charge in [-0.15, -0.1) is 0 Å². The third-order valence-corrected chi connectivity index (χ3v) is 1.91. The number of esters is 1. The number of aryl methyl sites for hydroxylation is 1. The highest BCUT2D eigenvalue weighted by Gasteiger charge is 2.17. The number of ether oxygens (including phenoxy) is 2. The Kier molecular flexibility index (Phi) is 3.62. The Morgan fingerprint density at radius 1 is 1.47 bits per heavy atom. The third-order valence-electron chi connectivity index (χ3n) is 1.91. The number of carbonyl (C=O) groups excluding carboxylic acids is 1. The zero-order valence-electron chi connectivity index (χ0n) is 8.83. The van der Waals surface area contributed by atoms with E-state index in [1.54, 1.807) is 0 Å². The summed E-state index contributed by atoms with van der Waals surface area (Å²) in [6, 6.07) is 1.22. The van der Waals surface area contributed by atoms with Gasteiger partial charge in [-0.2, -0.15) is 0 Å². The van der Waals surface area contributed by atoms with Crippen molar-refractivity contribution < 1.29 is 18.7 Å². The van der Waals surface area contributed by atoms with Crippen molar-refractivity contribution in [2.45, 2.75) is 13.5 Å². The number of rotatable bonds is 3. The van der Waals surface area contributed by atoms with E-state index < -0.39 is 11.6 Å². The monoisotopic (exact) mass is 212 g/mol. The molecule has 1 aromatic rings. The molecule has 0 aliphatic rings. The summed E-state index contributed by atoms with van der Waals surface area (Å²) in [7, 11) is 2.74. The van der Waals surface area contributed by atoms with Crippen LogP contribution in [0.5, 0.6) is 0 Å². The molecule has 0 fully saturated rings. The number of hydrogen-bond donors (Lipinski definition) is 0. The van der Waals surface area contributed by atoms with Crippen molar-refractivity contribution in [2.24, 2.45) is 0 Å². The van der Waals surface area contributed by atoms with E-state index in [1.807, 2.05) is 0 Å². The second-order valence-electron chi connectivity index (χ2n) is 2.95. The summed E-state index contributed by atoms with van der Waals surface area (Å²) in [5.41, 5.74) is 0.212. The van der Waals surface area contributed by atoms with Crippen LogP contribution in [0.2, 0.25) is 0 Å². The van der Waals surface area contributed by atoms with Gasteiger partial charge >= 0.3 is 11.6 Å². The first-order valence-corrected chi connectivity index (χ1v) is 4.31. The molecular weight excluding hydrogens is 200 g/mol. The van der Waals surface area contributed by atoms with Crippen LogP contribution >= 0.6 is 0 Å². The van der Waals surface area contributed by atoms with E-state index in [1.165, 1.54) is 27.2 Å². The normalized spacial score (nSPS) is 10.1. The molecule has 0 spiro atoms. The maximum Gasteiger partial charge on any atom is 0.341 e. The first-order valence-electron chi connectivity index (χ1n) is 4.31. The minimum Gasteiger partial charge on any atom is -0.465 e. The predicted molar refractivity (Wildman–Crippen MR) is 51.8 cm³/mol. The first kappa shape index (κ1) is 11.5. The number of hydrogen-bond acceptors (Lipinski definition) is 5. The molecular formula is C10H12O5. The van der Waals surface area contributed by atoms with Gasteiger partial charge in [-0.1, -0.05) is 0 Å². The smallest absolute Gasteiger partial charge is 0.341 e. The van der Waals surface area contributed by atoms with Gasteiger partial charge in [-0.3, -0.25) is 0 Å². The lowest BCUT2D eigenvalue weighted by Crippen LogP contribution is -2.13. The third kappa shape index (κ3) is 2.44. The fourth-order valence-electron chi connectivity index (χ4n) is 1.32. The molecule has 0 aliphatic heterocycles. The van der Waals surface area contributed by atoms with E-state index in [2.05, 4.69) is 4.74 Å². The summed E-state index contributed by atoms with van der Waals surface area (Å²) in [5.74, 6) is -0.301. The Labute approximate surface area is 86.6 Å². The maximum atomic E-state index is 11.4. The molecule has 0 aliphatic carbocycles. The summed E-state index contributed by atoms with van der Waals surface area (Å²) in [5, 5.41) is 0. The minimum atomic E-state index is -0.539. The van der Waals surface area contributed by atoms with Gasteiger partial charge in [0.05, 0.1) is 13.7 Å². The van der Waals surface area contributed by atoms with Gasteiger partial charge in [0, 0.05) is 18.7 Å². The Balaban J connectivity index is 3.32. The summed E-state index contributed by atoms with van der Waals surface area (Å²) in [6.45, 7) is 1.70. The summed E-state index contributed by atoms with van der Waals surface area (Å²) >= 11 is 0. The van der Waals surface area contributed by atoms with Gasteiger partial charge < -0.3 is 13.9 Å². The van der Waals surface area contributed by atoms with Crippen LogP contribution in [0.1, 0.15) is 21.7 Å². The molecule has 0 N–H and O–H groups in total. The van der Waals surface area contributed by atoms with Crippen molar-refractivity contribution in [2.75, 3.05) is 14.2 Å². The molecule has 0 radical (unpaired) electrons. The van der Waals surface area contributed by atoms with Crippen LogP contribution in [0.4, 0.5) is 0 Å². The zero-order valence-corrected chi connectivity index (χ0v) is 8.83. The SMILES string of the molecule is COCc1cc(=O)oc(C)c1C(=O)OC. The Hall–Kier alpha value is -1.62. The zero-order chi connectivity index (χ0) is 11.4. The summed E-state index contributed by atoms with van der Waals surface area (Å²) in [4.78, 5) is 22.5. The van der Waals surface area contributed by atoms with E-state index in [0.29, 0.717) is 5.56 Å². The van der Waals surface area contributed by atoms with Gasteiger partial charge in [-0.25, -0.2) is 9.59 Å². The average Bonchev–Trinajstić information content (AvgIpc) is 2.16. The molecule has 0 unspecified atom stereocenters. The van der Waals surface area contributed by atoms with Crippen molar-refractivity contribution >= 4 is 5.97 Å². The predicted octanol–water partition coefficient (Wildman–Crippen LogP) is 0.881. The van der Waals surface area contributed by atoms with Crippen LogP contribution in [0.25, 0.3) is 0 Å². The molecule has 0 bridgehead atoms. The second kappa shape index (κ2) is 4.75. The molecule has 0 atom stereocenters. The number of carbonyl (C=O) groups is 1. The van der Waals surface area contributed by atoms with E-state index in [9.17, 15) is 9.59 Å². The van der Waals surface area contributed by atoms with Gasteiger partial charge in [0.25, 0.3) is 0 Å². The Morgan fingerprint density at radius 3 is 2.67 bits per heavy atom. The van der Waals surface area contributed by atoms with Crippen LogP contribution in [-0.2, 0) is 16.1 Å². The van der Waals surface area contributed by atoms with Gasteiger partial charge in [0.2, 0.25) is 0 Å². The molecule has 1 rings (SSSR count). The standard InChI is InChI=1S/C10H12O5/c1-6-9(10(12)14-3)7(5-13-2)4-8(11)15-6/h4H,5H2,1-3H3. The number of methoxy groups -OCH3 is 2. The largest absolute Gasteiger partial charge is 0.465 e. The van der Waals surface area contributed by atoms with E-state index in [4.69, 9.17) is 9.15 Å². The fourth-order valence-corrected chi connectivity index (χ4v) is 1.32. The highest BCUT2D eigenvalue weighted by molar-refractivity contribution is 5.91. The molecule has 5 heteroatoms. The van der Waals surface area contributed by atoms with Crippen molar-refractivity contribution in [1.82, 2.24) is 0 Å². The van der Waals surface area contributed by atoms with Crippen LogP contribution in [-0.4, -0.2) is 20.2 Å². The quantitative estimate of drug-likeness (QED) is 0.696. The topological polar surface area (TPSA) is 65.7 Å². The van der Waals surface area contributed by atoms with Crippen LogP contribution < -0.4 is 5.63 Å². The van der Waals surface area contributed by atoms with Gasteiger partial charge in [0.1, 0.15) is 11.3 Å². The molecule has 0 saturated heterocycles. The van der Waals surface area contributed by atoms with Crippen LogP contribution in [0.15, 0.2) is 15.3 Å². The van der Waals surface area contributed by atoms with Gasteiger partial charge in [0.15, 0.2) is 0 Å². The molecule has 0 aromatic carbocycles. The fraction of sp³-hybridized carbons (Fsp3) is 0.400. The van der Waals surface area contributed by atoms with Gasteiger partial charge in [-0.05, 0) is 6.92 Å². The highest BCUT2D eigenvalue weighted by Crippen LogP contribution is 2.13. The molecule has 1 aromatic heterocycles. The highest BCUT2D eigenvalue weighted by atomic mass is 16.5. The molecule has 82 valence electrons. The van der Waals surface area contributed by atoms with Crippen LogP contribution in [0.3, 0.4) is 0 Å². The van der Waals surface area contributed by atoms with Crippen LogP contribution in [0, 0.1) is 6.92 Å². The molecule has 0 saturated carbocycles. The van der Waals surface area contributed by atoms with E-state index in [0.717, 1.165) is 0 Å². The van der Waals surface area contributed by atoms with Crippen molar-refractivity contribution in [1.29, 1.82) is 0 Å². The maximum absolute atomic E-state index is 11.4. The summed E-state index contributed by atoms with van der Waals surface area (Å²) < 4.78 is 14.3. The van der Waals surface area contributed by atoms with E-state index in [-0.39, 0.29) is 17.9 Å².